The Labute approximate surface area is 112 Å². The lowest BCUT2D eigenvalue weighted by atomic mass is 9.75. The molecule has 2 N–H and O–H groups in total. The highest BCUT2D eigenvalue weighted by Crippen LogP contribution is 2.38. The Morgan fingerprint density at radius 1 is 1.11 bits per heavy atom. The van der Waals surface area contributed by atoms with E-state index < -0.39 is 10.0 Å². The summed E-state index contributed by atoms with van der Waals surface area (Å²) in [6.45, 7) is 6.41. The SMILES string of the molecule is CCC1(CC)CCN(S(=O)(=O)CCCCN)CC1. The van der Waals surface area contributed by atoms with Crippen LogP contribution in [0.2, 0.25) is 0 Å². The van der Waals surface area contributed by atoms with Crippen molar-refractivity contribution >= 4 is 10.0 Å². The van der Waals surface area contributed by atoms with Gasteiger partial charge in [0.25, 0.3) is 0 Å². The highest BCUT2D eigenvalue weighted by atomic mass is 32.2. The van der Waals surface area contributed by atoms with Crippen LogP contribution in [0.3, 0.4) is 0 Å². The van der Waals surface area contributed by atoms with E-state index in [9.17, 15) is 8.42 Å². The molecule has 1 aliphatic rings. The van der Waals surface area contributed by atoms with Crippen molar-refractivity contribution in [2.45, 2.75) is 52.4 Å². The lowest BCUT2D eigenvalue weighted by molar-refractivity contribution is 0.141. The van der Waals surface area contributed by atoms with Crippen molar-refractivity contribution in [3.8, 4) is 0 Å². The zero-order valence-corrected chi connectivity index (χ0v) is 12.6. The second-order valence-corrected chi connectivity index (χ2v) is 7.51. The topological polar surface area (TPSA) is 63.4 Å². The van der Waals surface area contributed by atoms with E-state index in [0.717, 1.165) is 32.1 Å². The minimum Gasteiger partial charge on any atom is -0.330 e. The van der Waals surface area contributed by atoms with Crippen molar-refractivity contribution in [1.82, 2.24) is 4.31 Å². The van der Waals surface area contributed by atoms with Crippen molar-refractivity contribution < 1.29 is 8.42 Å². The summed E-state index contributed by atoms with van der Waals surface area (Å²) in [5.41, 5.74) is 5.78. The maximum atomic E-state index is 12.1. The maximum Gasteiger partial charge on any atom is 0.214 e. The second kappa shape index (κ2) is 6.87. The summed E-state index contributed by atoms with van der Waals surface area (Å²) in [6.07, 6.45) is 5.81. The fourth-order valence-electron chi connectivity index (χ4n) is 2.75. The lowest BCUT2D eigenvalue weighted by Crippen LogP contribution is -2.43. The predicted molar refractivity (Wildman–Crippen MR) is 75.9 cm³/mol. The summed E-state index contributed by atoms with van der Waals surface area (Å²) in [4.78, 5) is 0. The van der Waals surface area contributed by atoms with Crippen molar-refractivity contribution in [2.24, 2.45) is 11.1 Å². The molecule has 0 aromatic carbocycles. The number of rotatable bonds is 7. The van der Waals surface area contributed by atoms with Gasteiger partial charge in [0.15, 0.2) is 0 Å². The van der Waals surface area contributed by atoms with Gasteiger partial charge in [0.05, 0.1) is 5.75 Å². The number of nitrogens with two attached hydrogens (primary N) is 1. The van der Waals surface area contributed by atoms with Gasteiger partial charge >= 0.3 is 0 Å². The first-order valence-electron chi connectivity index (χ1n) is 7.17. The van der Waals surface area contributed by atoms with Crippen LogP contribution >= 0.6 is 0 Å². The van der Waals surface area contributed by atoms with E-state index in [1.807, 2.05) is 0 Å². The quantitative estimate of drug-likeness (QED) is 0.723. The van der Waals surface area contributed by atoms with E-state index >= 15 is 0 Å². The molecule has 1 rings (SSSR count). The fourth-order valence-corrected chi connectivity index (χ4v) is 4.32. The summed E-state index contributed by atoms with van der Waals surface area (Å²) >= 11 is 0. The van der Waals surface area contributed by atoms with Gasteiger partial charge in [-0.2, -0.15) is 0 Å². The zero-order valence-electron chi connectivity index (χ0n) is 11.8. The van der Waals surface area contributed by atoms with Gasteiger partial charge in [0.1, 0.15) is 0 Å². The number of hydrogen-bond acceptors (Lipinski definition) is 3. The maximum absolute atomic E-state index is 12.1. The molecule has 0 aliphatic carbocycles. The van der Waals surface area contributed by atoms with E-state index in [1.54, 1.807) is 4.31 Å². The van der Waals surface area contributed by atoms with Gasteiger partial charge in [0.2, 0.25) is 10.0 Å². The summed E-state index contributed by atoms with van der Waals surface area (Å²) in [5.74, 6) is 0.259. The Kier molecular flexibility index (Phi) is 6.08. The second-order valence-electron chi connectivity index (χ2n) is 5.42. The van der Waals surface area contributed by atoms with Crippen molar-refractivity contribution in [1.29, 1.82) is 0 Å². The number of piperidine rings is 1. The number of unbranched alkanes of at least 4 members (excludes halogenated alkanes) is 1. The number of nitrogens with zero attached hydrogens (tertiary/aromatic N) is 1. The van der Waals surface area contributed by atoms with Crippen LogP contribution in [0.5, 0.6) is 0 Å². The number of hydrogen-bond donors (Lipinski definition) is 1. The molecular weight excluding hydrogens is 248 g/mol. The fraction of sp³-hybridized carbons (Fsp3) is 1.00. The highest BCUT2D eigenvalue weighted by molar-refractivity contribution is 7.89. The van der Waals surface area contributed by atoms with Crippen LogP contribution in [-0.4, -0.2) is 38.1 Å². The van der Waals surface area contributed by atoms with E-state index in [0.29, 0.717) is 31.5 Å². The van der Waals surface area contributed by atoms with E-state index in [-0.39, 0.29) is 5.75 Å². The minimum atomic E-state index is -3.04. The van der Waals surface area contributed by atoms with Crippen LogP contribution in [0.25, 0.3) is 0 Å². The first-order valence-corrected chi connectivity index (χ1v) is 8.78. The van der Waals surface area contributed by atoms with E-state index in [1.165, 1.54) is 0 Å². The average molecular weight is 276 g/mol. The van der Waals surface area contributed by atoms with Crippen LogP contribution in [0.15, 0.2) is 0 Å². The third kappa shape index (κ3) is 3.93. The summed E-state index contributed by atoms with van der Waals surface area (Å²) in [6, 6.07) is 0. The monoisotopic (exact) mass is 276 g/mol. The molecule has 0 spiro atoms. The first-order chi connectivity index (χ1) is 8.49. The Morgan fingerprint density at radius 2 is 1.67 bits per heavy atom. The van der Waals surface area contributed by atoms with Crippen LogP contribution in [0, 0.1) is 5.41 Å². The molecule has 1 fully saturated rings. The average Bonchev–Trinajstić information content (AvgIpc) is 2.39. The molecule has 0 amide bonds. The van der Waals surface area contributed by atoms with Crippen LogP contribution < -0.4 is 5.73 Å². The molecule has 0 saturated carbocycles. The summed E-state index contributed by atoms with van der Waals surface area (Å²) in [7, 11) is -3.04. The predicted octanol–water partition coefficient (Wildman–Crippen LogP) is 1.96. The van der Waals surface area contributed by atoms with Crippen LogP contribution in [0.1, 0.15) is 52.4 Å². The molecule has 0 atom stereocenters. The van der Waals surface area contributed by atoms with Crippen molar-refractivity contribution in [3.63, 3.8) is 0 Å². The highest BCUT2D eigenvalue weighted by Gasteiger charge is 2.35. The molecule has 5 heteroatoms. The van der Waals surface area contributed by atoms with Gasteiger partial charge in [-0.1, -0.05) is 26.7 Å². The molecule has 0 unspecified atom stereocenters. The van der Waals surface area contributed by atoms with E-state index in [4.69, 9.17) is 5.73 Å². The first kappa shape index (κ1) is 15.9. The molecule has 108 valence electrons. The van der Waals surface area contributed by atoms with Crippen LogP contribution in [0.4, 0.5) is 0 Å². The molecule has 1 heterocycles. The summed E-state index contributed by atoms with van der Waals surface area (Å²) in [5, 5.41) is 0. The third-order valence-electron chi connectivity index (χ3n) is 4.53. The Hall–Kier alpha value is -0.130. The molecule has 4 nitrogen and oxygen atoms in total. The van der Waals surface area contributed by atoms with Gasteiger partial charge in [-0.15, -0.1) is 0 Å². The normalized spacial score (nSPS) is 21.1. The molecule has 0 aromatic heterocycles. The van der Waals surface area contributed by atoms with Gasteiger partial charge in [-0.25, -0.2) is 12.7 Å². The lowest BCUT2D eigenvalue weighted by Gasteiger charge is -2.40. The Balaban J connectivity index is 2.51. The minimum absolute atomic E-state index is 0.259. The Morgan fingerprint density at radius 3 is 2.11 bits per heavy atom. The Bertz CT molecular complexity index is 327. The van der Waals surface area contributed by atoms with Gasteiger partial charge in [0, 0.05) is 13.1 Å². The molecule has 1 aliphatic heterocycles. The van der Waals surface area contributed by atoms with Gasteiger partial charge in [-0.3, -0.25) is 0 Å². The number of sulfonamides is 1. The van der Waals surface area contributed by atoms with Gasteiger partial charge in [-0.05, 0) is 37.6 Å². The molecular formula is C13H28N2O2S. The summed E-state index contributed by atoms with van der Waals surface area (Å²) < 4.78 is 26.0. The molecule has 0 radical (unpaired) electrons. The zero-order chi connectivity index (χ0) is 13.6. The molecule has 0 aromatic rings. The van der Waals surface area contributed by atoms with Gasteiger partial charge < -0.3 is 5.73 Å². The largest absolute Gasteiger partial charge is 0.330 e. The smallest absolute Gasteiger partial charge is 0.214 e. The standard InChI is InChI=1S/C13H28N2O2S/c1-3-13(4-2)7-10-15(11-8-13)18(16,17)12-6-5-9-14/h3-12,14H2,1-2H3. The van der Waals surface area contributed by atoms with Crippen molar-refractivity contribution in [2.75, 3.05) is 25.4 Å². The van der Waals surface area contributed by atoms with Crippen LogP contribution in [-0.2, 0) is 10.0 Å². The third-order valence-corrected chi connectivity index (χ3v) is 6.49. The molecule has 0 bridgehead atoms. The molecule has 18 heavy (non-hydrogen) atoms. The van der Waals surface area contributed by atoms with E-state index in [2.05, 4.69) is 13.8 Å². The van der Waals surface area contributed by atoms with Crippen molar-refractivity contribution in [3.05, 3.63) is 0 Å². The molecule has 1 saturated heterocycles.